The lowest BCUT2D eigenvalue weighted by Crippen LogP contribution is -2.13. The highest BCUT2D eigenvalue weighted by Crippen LogP contribution is 2.22. The second-order valence-corrected chi connectivity index (χ2v) is 3.54. The lowest BCUT2D eigenvalue weighted by molar-refractivity contribution is 0.467. The number of hydrogen-bond donors (Lipinski definition) is 1. The van der Waals surface area contributed by atoms with Crippen LogP contribution in [0.15, 0.2) is 12.1 Å². The quantitative estimate of drug-likeness (QED) is 0.769. The van der Waals surface area contributed by atoms with Gasteiger partial charge in [0.15, 0.2) is 11.6 Å². The van der Waals surface area contributed by atoms with Gasteiger partial charge in [-0.3, -0.25) is 0 Å². The molecule has 0 radical (unpaired) electrons. The summed E-state index contributed by atoms with van der Waals surface area (Å²) in [6, 6.07) is 0.833. The molecule has 84 valence electrons. The van der Waals surface area contributed by atoms with Crippen molar-refractivity contribution in [3.8, 4) is 0 Å². The van der Waals surface area contributed by atoms with Crippen LogP contribution in [0.2, 0.25) is 0 Å². The molecule has 0 saturated heterocycles. The Morgan fingerprint density at radius 1 is 1.27 bits per heavy atom. The van der Waals surface area contributed by atoms with E-state index in [1.807, 2.05) is 6.92 Å². The highest BCUT2D eigenvalue weighted by molar-refractivity contribution is 5.23. The molecule has 0 bridgehead atoms. The first kappa shape index (κ1) is 12.0. The van der Waals surface area contributed by atoms with Gasteiger partial charge >= 0.3 is 0 Å². The fraction of sp³-hybridized carbons (Fsp3) is 0.455. The maximum atomic E-state index is 13.2. The van der Waals surface area contributed by atoms with Crippen molar-refractivity contribution in [1.82, 2.24) is 0 Å². The van der Waals surface area contributed by atoms with E-state index in [9.17, 15) is 13.2 Å². The van der Waals surface area contributed by atoms with Crippen molar-refractivity contribution in [1.29, 1.82) is 0 Å². The maximum absolute atomic E-state index is 13.2. The van der Waals surface area contributed by atoms with Gasteiger partial charge < -0.3 is 5.73 Å². The van der Waals surface area contributed by atoms with Gasteiger partial charge in [0.2, 0.25) is 0 Å². The normalized spacial score (nSPS) is 12.9. The van der Waals surface area contributed by atoms with Crippen LogP contribution in [0.5, 0.6) is 0 Å². The summed E-state index contributed by atoms with van der Waals surface area (Å²) in [7, 11) is 0. The Bertz CT molecular complexity index is 339. The molecule has 1 nitrogen and oxygen atoms in total. The van der Waals surface area contributed by atoms with Gasteiger partial charge in [0, 0.05) is 17.7 Å². The Balaban J connectivity index is 2.92. The highest BCUT2D eigenvalue weighted by atomic mass is 19.2. The molecule has 0 aliphatic rings. The molecule has 15 heavy (non-hydrogen) atoms. The third kappa shape index (κ3) is 2.96. The average Bonchev–Trinajstić information content (AvgIpc) is 2.19. The zero-order valence-electron chi connectivity index (χ0n) is 8.56. The number of nitrogens with two attached hydrogens (primary N) is 1. The molecular formula is C11H14F3N. The molecular weight excluding hydrogens is 203 g/mol. The molecule has 0 unspecified atom stereocenters. The van der Waals surface area contributed by atoms with Gasteiger partial charge in [-0.1, -0.05) is 19.8 Å². The number of hydrogen-bond acceptors (Lipinski definition) is 1. The molecule has 1 atom stereocenters. The van der Waals surface area contributed by atoms with Crippen LogP contribution in [0.3, 0.4) is 0 Å². The van der Waals surface area contributed by atoms with Crippen LogP contribution >= 0.6 is 0 Å². The van der Waals surface area contributed by atoms with Crippen molar-refractivity contribution in [3.05, 3.63) is 35.1 Å². The molecule has 0 fully saturated rings. The van der Waals surface area contributed by atoms with Crippen LogP contribution < -0.4 is 5.73 Å². The second-order valence-electron chi connectivity index (χ2n) is 3.54. The smallest absolute Gasteiger partial charge is 0.163 e. The van der Waals surface area contributed by atoms with Gasteiger partial charge in [0.25, 0.3) is 0 Å². The molecule has 0 aliphatic carbocycles. The van der Waals surface area contributed by atoms with Crippen molar-refractivity contribution in [2.24, 2.45) is 5.73 Å². The van der Waals surface area contributed by atoms with Crippen molar-refractivity contribution >= 4 is 0 Å². The Kier molecular flexibility index (Phi) is 4.15. The van der Waals surface area contributed by atoms with E-state index < -0.39 is 23.5 Å². The average molecular weight is 217 g/mol. The largest absolute Gasteiger partial charge is 0.324 e. The summed E-state index contributed by atoms with van der Waals surface area (Å²) in [5, 5.41) is 0. The minimum atomic E-state index is -1.18. The van der Waals surface area contributed by atoms with Gasteiger partial charge in [0.1, 0.15) is 5.82 Å². The van der Waals surface area contributed by atoms with Gasteiger partial charge in [-0.2, -0.15) is 0 Å². The predicted molar refractivity (Wildman–Crippen MR) is 52.8 cm³/mol. The van der Waals surface area contributed by atoms with Crippen molar-refractivity contribution in [2.45, 2.75) is 32.2 Å². The summed E-state index contributed by atoms with van der Waals surface area (Å²) in [5.74, 6) is -3.02. The van der Waals surface area contributed by atoms with Crippen LogP contribution in [0, 0.1) is 17.5 Å². The van der Waals surface area contributed by atoms with Crippen LogP contribution in [-0.4, -0.2) is 0 Å². The summed E-state index contributed by atoms with van der Waals surface area (Å²) in [6.45, 7) is 1.97. The zero-order valence-corrected chi connectivity index (χ0v) is 8.56. The SMILES string of the molecule is CCCC[C@H](N)c1cc(F)cc(F)c1F. The van der Waals surface area contributed by atoms with E-state index in [0.717, 1.165) is 18.9 Å². The molecule has 1 aromatic carbocycles. The first-order valence-electron chi connectivity index (χ1n) is 4.96. The summed E-state index contributed by atoms with van der Waals surface area (Å²) in [4.78, 5) is 0. The molecule has 0 aromatic heterocycles. The standard InChI is InChI=1S/C11H14F3N/c1-2-3-4-10(15)8-5-7(12)6-9(13)11(8)14/h5-6,10H,2-4,15H2,1H3/t10-/m0/s1. The molecule has 0 amide bonds. The summed E-state index contributed by atoms with van der Waals surface area (Å²) in [6.07, 6.45) is 2.24. The highest BCUT2D eigenvalue weighted by Gasteiger charge is 2.16. The molecule has 0 saturated carbocycles. The monoisotopic (exact) mass is 217 g/mol. The van der Waals surface area contributed by atoms with Gasteiger partial charge in [-0.15, -0.1) is 0 Å². The third-order valence-corrected chi connectivity index (χ3v) is 2.29. The van der Waals surface area contributed by atoms with E-state index in [0.29, 0.717) is 12.5 Å². The lowest BCUT2D eigenvalue weighted by Gasteiger charge is -2.12. The lowest BCUT2D eigenvalue weighted by atomic mass is 10.0. The van der Waals surface area contributed by atoms with Crippen molar-refractivity contribution < 1.29 is 13.2 Å². The fourth-order valence-electron chi connectivity index (χ4n) is 1.43. The first-order chi connectivity index (χ1) is 7.06. The Morgan fingerprint density at radius 2 is 1.93 bits per heavy atom. The molecule has 2 N–H and O–H groups in total. The number of unbranched alkanes of at least 4 members (excludes halogenated alkanes) is 1. The zero-order chi connectivity index (χ0) is 11.4. The predicted octanol–water partition coefficient (Wildman–Crippen LogP) is 3.29. The molecule has 4 heteroatoms. The van der Waals surface area contributed by atoms with Gasteiger partial charge in [0.05, 0.1) is 0 Å². The topological polar surface area (TPSA) is 26.0 Å². The maximum Gasteiger partial charge on any atom is 0.163 e. The van der Waals surface area contributed by atoms with E-state index in [-0.39, 0.29) is 5.56 Å². The molecule has 1 aromatic rings. The van der Waals surface area contributed by atoms with E-state index in [1.165, 1.54) is 0 Å². The van der Waals surface area contributed by atoms with Crippen molar-refractivity contribution in [3.63, 3.8) is 0 Å². The molecule has 0 heterocycles. The van der Waals surface area contributed by atoms with Crippen LogP contribution in [-0.2, 0) is 0 Å². The Hall–Kier alpha value is -1.03. The minimum Gasteiger partial charge on any atom is -0.324 e. The van der Waals surface area contributed by atoms with Crippen molar-refractivity contribution in [2.75, 3.05) is 0 Å². The van der Waals surface area contributed by atoms with E-state index >= 15 is 0 Å². The number of rotatable bonds is 4. The molecule has 1 rings (SSSR count). The Labute approximate surface area is 87.1 Å². The van der Waals surface area contributed by atoms with Crippen LogP contribution in [0.4, 0.5) is 13.2 Å². The summed E-state index contributed by atoms with van der Waals surface area (Å²) in [5.41, 5.74) is 5.56. The number of halogens is 3. The van der Waals surface area contributed by atoms with E-state index in [4.69, 9.17) is 5.73 Å². The van der Waals surface area contributed by atoms with Gasteiger partial charge in [-0.25, -0.2) is 13.2 Å². The third-order valence-electron chi connectivity index (χ3n) is 2.29. The van der Waals surface area contributed by atoms with E-state index in [1.54, 1.807) is 0 Å². The Morgan fingerprint density at radius 3 is 2.53 bits per heavy atom. The fourth-order valence-corrected chi connectivity index (χ4v) is 1.43. The van der Waals surface area contributed by atoms with Crippen LogP contribution in [0.1, 0.15) is 37.8 Å². The minimum absolute atomic E-state index is 0.0825. The molecule has 0 spiro atoms. The van der Waals surface area contributed by atoms with Crippen LogP contribution in [0.25, 0.3) is 0 Å². The number of benzene rings is 1. The summed E-state index contributed by atoms with van der Waals surface area (Å²) < 4.78 is 38.9. The van der Waals surface area contributed by atoms with E-state index in [2.05, 4.69) is 0 Å². The first-order valence-corrected chi connectivity index (χ1v) is 4.96. The van der Waals surface area contributed by atoms with Gasteiger partial charge in [-0.05, 0) is 12.5 Å². The molecule has 0 aliphatic heterocycles. The second kappa shape index (κ2) is 5.16. The summed E-state index contributed by atoms with van der Waals surface area (Å²) >= 11 is 0.